The lowest BCUT2D eigenvalue weighted by Crippen LogP contribution is -2.43. The van der Waals surface area contributed by atoms with Crippen LogP contribution < -0.4 is 11.1 Å². The fourth-order valence-electron chi connectivity index (χ4n) is 2.89. The number of likely N-dealkylation sites (tertiary alicyclic amines) is 1. The van der Waals surface area contributed by atoms with E-state index in [1.807, 2.05) is 0 Å². The van der Waals surface area contributed by atoms with Crippen molar-refractivity contribution in [3.05, 3.63) is 0 Å². The molecule has 106 valence electrons. The molecule has 2 fully saturated rings. The predicted octanol–water partition coefficient (Wildman–Crippen LogP) is 1.14. The molecule has 0 bridgehead atoms. The Bertz CT molecular complexity index is 267. The van der Waals surface area contributed by atoms with Gasteiger partial charge in [0.1, 0.15) is 0 Å². The second-order valence-electron chi connectivity index (χ2n) is 5.81. The van der Waals surface area contributed by atoms with E-state index in [0.717, 1.165) is 38.3 Å². The molecule has 2 rings (SSSR count). The number of amides is 1. The maximum Gasteiger partial charge on any atom is 0.234 e. The lowest BCUT2D eigenvalue weighted by molar-refractivity contribution is -0.123. The summed E-state index contributed by atoms with van der Waals surface area (Å²) >= 11 is 0. The Labute approximate surface area is 116 Å². The standard InChI is InChI=1S/C13H25N3O.ClH/c1-10-2-4-12(5-3-10)15-13(17)9-16-7-6-11(14)8-16;/h10-12H,2-9,14H2,1H3,(H,15,17);1H. The van der Waals surface area contributed by atoms with Crippen LogP contribution >= 0.6 is 12.4 Å². The molecule has 0 spiro atoms. The summed E-state index contributed by atoms with van der Waals surface area (Å²) in [5.74, 6) is 1.01. The molecule has 0 radical (unpaired) electrons. The summed E-state index contributed by atoms with van der Waals surface area (Å²) in [7, 11) is 0. The summed E-state index contributed by atoms with van der Waals surface area (Å²) in [4.78, 5) is 14.0. The van der Waals surface area contributed by atoms with E-state index in [1.165, 1.54) is 12.8 Å². The highest BCUT2D eigenvalue weighted by atomic mass is 35.5. The van der Waals surface area contributed by atoms with Gasteiger partial charge in [0.15, 0.2) is 0 Å². The van der Waals surface area contributed by atoms with E-state index >= 15 is 0 Å². The zero-order valence-electron chi connectivity index (χ0n) is 11.2. The third kappa shape index (κ3) is 4.75. The zero-order chi connectivity index (χ0) is 12.3. The monoisotopic (exact) mass is 275 g/mol. The molecule has 1 atom stereocenters. The highest BCUT2D eigenvalue weighted by Crippen LogP contribution is 2.23. The summed E-state index contributed by atoms with van der Waals surface area (Å²) < 4.78 is 0. The van der Waals surface area contributed by atoms with E-state index in [4.69, 9.17) is 5.73 Å². The van der Waals surface area contributed by atoms with E-state index in [1.54, 1.807) is 0 Å². The van der Waals surface area contributed by atoms with E-state index in [-0.39, 0.29) is 24.4 Å². The van der Waals surface area contributed by atoms with Gasteiger partial charge in [-0.3, -0.25) is 9.69 Å². The van der Waals surface area contributed by atoms with E-state index in [2.05, 4.69) is 17.1 Å². The van der Waals surface area contributed by atoms with Crippen molar-refractivity contribution in [2.75, 3.05) is 19.6 Å². The van der Waals surface area contributed by atoms with Crippen molar-refractivity contribution >= 4 is 18.3 Å². The van der Waals surface area contributed by atoms with Crippen molar-refractivity contribution in [1.29, 1.82) is 0 Å². The number of carbonyl (C=O) groups is 1. The molecule has 0 aromatic heterocycles. The molecule has 3 N–H and O–H groups in total. The SMILES string of the molecule is CC1CCC(NC(=O)CN2CCC(N)C2)CC1.Cl. The Morgan fingerprint density at radius 3 is 2.50 bits per heavy atom. The fourth-order valence-corrected chi connectivity index (χ4v) is 2.89. The molecule has 4 nitrogen and oxygen atoms in total. The van der Waals surface area contributed by atoms with Gasteiger partial charge in [-0.2, -0.15) is 0 Å². The zero-order valence-corrected chi connectivity index (χ0v) is 12.0. The van der Waals surface area contributed by atoms with Crippen LogP contribution in [-0.4, -0.2) is 42.5 Å². The summed E-state index contributed by atoms with van der Waals surface area (Å²) in [5, 5.41) is 3.16. The van der Waals surface area contributed by atoms with Gasteiger partial charge < -0.3 is 11.1 Å². The molecule has 5 heteroatoms. The Morgan fingerprint density at radius 2 is 1.94 bits per heavy atom. The number of hydrogen-bond donors (Lipinski definition) is 2. The van der Waals surface area contributed by atoms with Crippen molar-refractivity contribution < 1.29 is 4.79 Å². The molecule has 0 aromatic carbocycles. The molecule has 1 unspecified atom stereocenters. The van der Waals surface area contributed by atoms with Crippen LogP contribution in [-0.2, 0) is 4.79 Å². The minimum absolute atomic E-state index is 0. The summed E-state index contributed by atoms with van der Waals surface area (Å²) in [6.07, 6.45) is 5.81. The van der Waals surface area contributed by atoms with Gasteiger partial charge in [0.25, 0.3) is 0 Å². The number of nitrogens with two attached hydrogens (primary N) is 1. The number of rotatable bonds is 3. The van der Waals surface area contributed by atoms with Crippen LogP contribution in [0.15, 0.2) is 0 Å². The molecule has 1 saturated carbocycles. The van der Waals surface area contributed by atoms with Gasteiger partial charge in [0.2, 0.25) is 5.91 Å². The number of carbonyl (C=O) groups excluding carboxylic acids is 1. The second-order valence-corrected chi connectivity index (χ2v) is 5.81. The third-order valence-corrected chi connectivity index (χ3v) is 4.06. The van der Waals surface area contributed by atoms with Gasteiger partial charge in [-0.05, 0) is 38.0 Å². The quantitative estimate of drug-likeness (QED) is 0.812. The Kier molecular flexibility index (Phi) is 6.39. The minimum atomic E-state index is 0. The van der Waals surface area contributed by atoms with Crippen LogP contribution in [0.1, 0.15) is 39.0 Å². The van der Waals surface area contributed by atoms with Crippen LogP contribution in [0.3, 0.4) is 0 Å². The maximum absolute atomic E-state index is 11.9. The highest BCUT2D eigenvalue weighted by Gasteiger charge is 2.23. The van der Waals surface area contributed by atoms with Crippen LogP contribution in [0.25, 0.3) is 0 Å². The van der Waals surface area contributed by atoms with Gasteiger partial charge in [0.05, 0.1) is 6.54 Å². The first-order chi connectivity index (χ1) is 8.13. The maximum atomic E-state index is 11.9. The largest absolute Gasteiger partial charge is 0.352 e. The smallest absolute Gasteiger partial charge is 0.234 e. The summed E-state index contributed by atoms with van der Waals surface area (Å²) in [6, 6.07) is 0.674. The number of halogens is 1. The van der Waals surface area contributed by atoms with Gasteiger partial charge in [-0.25, -0.2) is 0 Å². The van der Waals surface area contributed by atoms with Crippen LogP contribution in [0.4, 0.5) is 0 Å². The minimum Gasteiger partial charge on any atom is -0.352 e. The molecular formula is C13H26ClN3O. The molecular weight excluding hydrogens is 250 g/mol. The molecule has 1 amide bonds. The first-order valence-corrected chi connectivity index (χ1v) is 6.91. The molecule has 0 aromatic rings. The van der Waals surface area contributed by atoms with Crippen LogP contribution in [0.2, 0.25) is 0 Å². The number of nitrogens with one attached hydrogen (secondary N) is 1. The lowest BCUT2D eigenvalue weighted by atomic mass is 9.87. The fraction of sp³-hybridized carbons (Fsp3) is 0.923. The molecule has 1 saturated heterocycles. The van der Waals surface area contributed by atoms with Crippen molar-refractivity contribution in [3.8, 4) is 0 Å². The van der Waals surface area contributed by atoms with Crippen LogP contribution in [0, 0.1) is 5.92 Å². The van der Waals surface area contributed by atoms with Gasteiger partial charge in [-0.15, -0.1) is 12.4 Å². The molecule has 1 aliphatic carbocycles. The number of nitrogens with zero attached hydrogens (tertiary/aromatic N) is 1. The Balaban J connectivity index is 0.00000162. The molecule has 1 aliphatic heterocycles. The average molecular weight is 276 g/mol. The molecule has 1 heterocycles. The van der Waals surface area contributed by atoms with Crippen molar-refractivity contribution in [3.63, 3.8) is 0 Å². The summed E-state index contributed by atoms with van der Waals surface area (Å²) in [5.41, 5.74) is 5.83. The van der Waals surface area contributed by atoms with Crippen molar-refractivity contribution in [2.45, 2.75) is 51.1 Å². The Morgan fingerprint density at radius 1 is 1.28 bits per heavy atom. The van der Waals surface area contributed by atoms with Crippen molar-refractivity contribution in [2.24, 2.45) is 11.7 Å². The topological polar surface area (TPSA) is 58.4 Å². The molecule has 2 aliphatic rings. The lowest BCUT2D eigenvalue weighted by Gasteiger charge is -2.27. The Hall–Kier alpha value is -0.320. The van der Waals surface area contributed by atoms with Gasteiger partial charge >= 0.3 is 0 Å². The normalized spacial score (nSPS) is 32.9. The van der Waals surface area contributed by atoms with Crippen LogP contribution in [0.5, 0.6) is 0 Å². The van der Waals surface area contributed by atoms with E-state index in [0.29, 0.717) is 12.6 Å². The predicted molar refractivity (Wildman–Crippen MR) is 75.8 cm³/mol. The van der Waals surface area contributed by atoms with Gasteiger partial charge in [-0.1, -0.05) is 6.92 Å². The molecule has 18 heavy (non-hydrogen) atoms. The number of hydrogen-bond acceptors (Lipinski definition) is 3. The third-order valence-electron chi connectivity index (χ3n) is 4.06. The van der Waals surface area contributed by atoms with Gasteiger partial charge in [0, 0.05) is 25.2 Å². The summed E-state index contributed by atoms with van der Waals surface area (Å²) in [6.45, 7) is 4.66. The first kappa shape index (κ1) is 15.7. The highest BCUT2D eigenvalue weighted by molar-refractivity contribution is 5.85. The average Bonchev–Trinajstić information content (AvgIpc) is 2.67. The van der Waals surface area contributed by atoms with E-state index in [9.17, 15) is 4.79 Å². The van der Waals surface area contributed by atoms with E-state index < -0.39 is 0 Å². The van der Waals surface area contributed by atoms with Crippen molar-refractivity contribution in [1.82, 2.24) is 10.2 Å². The first-order valence-electron chi connectivity index (χ1n) is 6.91. The second kappa shape index (κ2) is 7.31.